The van der Waals surface area contributed by atoms with E-state index in [0.29, 0.717) is 28.3 Å². The molecule has 0 aliphatic carbocycles. The summed E-state index contributed by atoms with van der Waals surface area (Å²) < 4.78 is 7.59. The lowest BCUT2D eigenvalue weighted by atomic mass is 10.2. The molecule has 4 rings (SSSR count). The quantitative estimate of drug-likeness (QED) is 0.570. The highest BCUT2D eigenvalue weighted by atomic mass is 32.1. The SMILES string of the molecule is C=CCn1c(=O)oc2ccc(C(=O)Nc3nc4ccccc4s3)cc21. The van der Waals surface area contributed by atoms with Gasteiger partial charge in [-0.05, 0) is 30.3 Å². The molecule has 0 aliphatic heterocycles. The van der Waals surface area contributed by atoms with Crippen molar-refractivity contribution in [3.63, 3.8) is 0 Å². The number of carbonyl (C=O) groups excluding carboxylic acids is 1. The number of thiazole rings is 1. The van der Waals surface area contributed by atoms with E-state index >= 15 is 0 Å². The summed E-state index contributed by atoms with van der Waals surface area (Å²) >= 11 is 1.41. The van der Waals surface area contributed by atoms with Gasteiger partial charge in [-0.15, -0.1) is 6.58 Å². The Morgan fingerprint density at radius 3 is 2.96 bits per heavy atom. The molecule has 0 unspecified atom stereocenters. The van der Waals surface area contributed by atoms with Gasteiger partial charge in [-0.1, -0.05) is 29.5 Å². The molecule has 4 aromatic rings. The lowest BCUT2D eigenvalue weighted by Crippen LogP contribution is -2.14. The number of rotatable bonds is 4. The summed E-state index contributed by atoms with van der Waals surface area (Å²) in [6.07, 6.45) is 1.60. The van der Waals surface area contributed by atoms with E-state index in [1.165, 1.54) is 15.9 Å². The maximum absolute atomic E-state index is 12.5. The number of hydrogen-bond acceptors (Lipinski definition) is 5. The highest BCUT2D eigenvalue weighted by molar-refractivity contribution is 7.22. The van der Waals surface area contributed by atoms with E-state index in [4.69, 9.17) is 4.42 Å². The molecule has 1 amide bonds. The molecule has 6 nitrogen and oxygen atoms in total. The van der Waals surface area contributed by atoms with Gasteiger partial charge in [-0.2, -0.15) is 0 Å². The van der Waals surface area contributed by atoms with Gasteiger partial charge in [-0.3, -0.25) is 14.7 Å². The van der Waals surface area contributed by atoms with Crippen molar-refractivity contribution < 1.29 is 9.21 Å². The van der Waals surface area contributed by atoms with E-state index < -0.39 is 5.76 Å². The third-order valence-electron chi connectivity index (χ3n) is 3.76. The summed E-state index contributed by atoms with van der Waals surface area (Å²) in [5.74, 6) is -0.765. The van der Waals surface area contributed by atoms with Crippen LogP contribution in [0.25, 0.3) is 21.3 Å². The first-order chi connectivity index (χ1) is 12.2. The number of anilines is 1. The smallest absolute Gasteiger partial charge is 0.408 e. The Bertz CT molecular complexity index is 1140. The highest BCUT2D eigenvalue weighted by Gasteiger charge is 2.14. The summed E-state index contributed by atoms with van der Waals surface area (Å²) in [6.45, 7) is 3.94. The fourth-order valence-corrected chi connectivity index (χ4v) is 3.46. The lowest BCUT2D eigenvalue weighted by molar-refractivity contribution is 0.102. The summed E-state index contributed by atoms with van der Waals surface area (Å²) in [6, 6.07) is 12.5. The van der Waals surface area contributed by atoms with Gasteiger partial charge in [0, 0.05) is 12.1 Å². The summed E-state index contributed by atoms with van der Waals surface area (Å²) in [5, 5.41) is 3.33. The van der Waals surface area contributed by atoms with Crippen LogP contribution >= 0.6 is 11.3 Å². The number of benzene rings is 2. The van der Waals surface area contributed by atoms with Crippen molar-refractivity contribution in [2.24, 2.45) is 0 Å². The van der Waals surface area contributed by atoms with Crippen LogP contribution in [0, 0.1) is 0 Å². The van der Waals surface area contributed by atoms with Crippen LogP contribution in [0.2, 0.25) is 0 Å². The molecule has 124 valence electrons. The largest absolute Gasteiger partial charge is 0.420 e. The molecule has 0 saturated carbocycles. The zero-order chi connectivity index (χ0) is 17.4. The van der Waals surface area contributed by atoms with Crippen LogP contribution in [0.3, 0.4) is 0 Å². The Hall–Kier alpha value is -3.19. The maximum Gasteiger partial charge on any atom is 0.420 e. The number of aromatic nitrogens is 2. The number of amides is 1. The number of fused-ring (bicyclic) bond motifs is 2. The number of nitrogens with zero attached hydrogens (tertiary/aromatic N) is 2. The average molecular weight is 351 g/mol. The van der Waals surface area contributed by atoms with Crippen molar-refractivity contribution in [3.05, 3.63) is 71.2 Å². The Kier molecular flexibility index (Phi) is 3.70. The van der Waals surface area contributed by atoms with Gasteiger partial charge in [0.1, 0.15) is 0 Å². The molecule has 2 heterocycles. The van der Waals surface area contributed by atoms with Gasteiger partial charge in [-0.25, -0.2) is 9.78 Å². The zero-order valence-electron chi connectivity index (χ0n) is 13.1. The molecule has 2 aromatic carbocycles. The van der Waals surface area contributed by atoms with Gasteiger partial charge in [0.25, 0.3) is 5.91 Å². The minimum absolute atomic E-state index is 0.292. The standard InChI is InChI=1S/C18H13N3O3S/c1-2-9-21-13-10-11(7-8-14(13)24-18(21)23)16(22)20-17-19-12-5-3-4-6-15(12)25-17/h2-8,10H,1,9H2,(H,19,20,22). The first-order valence-corrected chi connectivity index (χ1v) is 8.38. The summed E-state index contributed by atoms with van der Waals surface area (Å²) in [5.41, 5.74) is 2.25. The molecule has 0 fully saturated rings. The van der Waals surface area contributed by atoms with Gasteiger partial charge >= 0.3 is 5.76 Å². The number of nitrogens with one attached hydrogen (secondary N) is 1. The predicted octanol–water partition coefficient (Wildman–Crippen LogP) is 3.64. The van der Waals surface area contributed by atoms with Gasteiger partial charge in [0.15, 0.2) is 10.7 Å². The van der Waals surface area contributed by atoms with Crippen molar-refractivity contribution in [1.29, 1.82) is 0 Å². The maximum atomic E-state index is 12.5. The van der Waals surface area contributed by atoms with E-state index in [2.05, 4.69) is 16.9 Å². The zero-order valence-corrected chi connectivity index (χ0v) is 13.9. The molecule has 25 heavy (non-hydrogen) atoms. The second-order valence-corrected chi connectivity index (χ2v) is 6.42. The molecule has 1 N–H and O–H groups in total. The Morgan fingerprint density at radius 1 is 1.32 bits per heavy atom. The predicted molar refractivity (Wildman–Crippen MR) is 98.2 cm³/mol. The molecular weight excluding hydrogens is 338 g/mol. The summed E-state index contributed by atoms with van der Waals surface area (Å²) in [4.78, 5) is 28.8. The Morgan fingerprint density at radius 2 is 2.16 bits per heavy atom. The number of para-hydroxylation sites is 1. The van der Waals surface area contributed by atoms with Crippen LogP contribution in [-0.4, -0.2) is 15.5 Å². The molecule has 0 saturated heterocycles. The van der Waals surface area contributed by atoms with Crippen molar-refractivity contribution in [1.82, 2.24) is 9.55 Å². The number of allylic oxidation sites excluding steroid dienone is 1. The van der Waals surface area contributed by atoms with Crippen LogP contribution in [0.5, 0.6) is 0 Å². The van der Waals surface area contributed by atoms with Crippen LogP contribution in [0.15, 0.2) is 64.3 Å². The van der Waals surface area contributed by atoms with Crippen molar-refractivity contribution in [2.45, 2.75) is 6.54 Å². The highest BCUT2D eigenvalue weighted by Crippen LogP contribution is 2.26. The fraction of sp³-hybridized carbons (Fsp3) is 0.0556. The van der Waals surface area contributed by atoms with Crippen LogP contribution in [0.1, 0.15) is 10.4 Å². The Balaban J connectivity index is 1.68. The van der Waals surface area contributed by atoms with Gasteiger partial charge in [0.2, 0.25) is 0 Å². The van der Waals surface area contributed by atoms with E-state index in [-0.39, 0.29) is 5.91 Å². The first-order valence-electron chi connectivity index (χ1n) is 7.57. The topological polar surface area (TPSA) is 77.1 Å². The van der Waals surface area contributed by atoms with Crippen LogP contribution < -0.4 is 11.1 Å². The lowest BCUT2D eigenvalue weighted by Gasteiger charge is -2.02. The molecule has 0 spiro atoms. The van der Waals surface area contributed by atoms with E-state index in [0.717, 1.165) is 10.2 Å². The summed E-state index contributed by atoms with van der Waals surface area (Å²) in [7, 11) is 0. The van der Waals surface area contributed by atoms with Crippen LogP contribution in [0.4, 0.5) is 5.13 Å². The number of hydrogen-bond donors (Lipinski definition) is 1. The average Bonchev–Trinajstić information content (AvgIpc) is 3.15. The second-order valence-electron chi connectivity index (χ2n) is 5.39. The number of carbonyl (C=O) groups is 1. The van der Waals surface area contributed by atoms with Crippen molar-refractivity contribution >= 4 is 43.7 Å². The third-order valence-corrected chi connectivity index (χ3v) is 4.71. The minimum atomic E-state index is -0.473. The van der Waals surface area contributed by atoms with Crippen molar-refractivity contribution in [3.8, 4) is 0 Å². The molecule has 2 aromatic heterocycles. The molecule has 0 aliphatic rings. The van der Waals surface area contributed by atoms with Crippen molar-refractivity contribution in [2.75, 3.05) is 5.32 Å². The van der Waals surface area contributed by atoms with Gasteiger partial charge < -0.3 is 4.42 Å². The monoisotopic (exact) mass is 351 g/mol. The molecule has 7 heteroatoms. The molecule has 0 bridgehead atoms. The Labute approximate surface area is 146 Å². The van der Waals surface area contributed by atoms with E-state index in [1.807, 2.05) is 24.3 Å². The molecular formula is C18H13N3O3S. The molecule has 0 atom stereocenters. The normalized spacial score (nSPS) is 11.0. The number of oxazole rings is 1. The first kappa shape index (κ1) is 15.3. The third kappa shape index (κ3) is 2.74. The minimum Gasteiger partial charge on any atom is -0.408 e. The van der Waals surface area contributed by atoms with Gasteiger partial charge in [0.05, 0.1) is 15.7 Å². The van der Waals surface area contributed by atoms with Crippen LogP contribution in [-0.2, 0) is 6.54 Å². The van der Waals surface area contributed by atoms with E-state index in [1.54, 1.807) is 24.3 Å². The molecule has 0 radical (unpaired) electrons. The fourth-order valence-electron chi connectivity index (χ4n) is 2.60. The van der Waals surface area contributed by atoms with E-state index in [9.17, 15) is 9.59 Å². The second kappa shape index (κ2) is 6.03.